The first-order valence-electron chi connectivity index (χ1n) is 9.97. The molecule has 0 aliphatic heterocycles. The summed E-state index contributed by atoms with van der Waals surface area (Å²) in [4.78, 5) is 28.2. The molecule has 0 saturated carbocycles. The van der Waals surface area contributed by atoms with Gasteiger partial charge in [0.25, 0.3) is 0 Å². The fraction of sp³-hybridized carbons (Fsp3) is 0.0800. The number of imidazole rings is 1. The van der Waals surface area contributed by atoms with Gasteiger partial charge in [0.15, 0.2) is 0 Å². The van der Waals surface area contributed by atoms with Crippen molar-refractivity contribution in [2.45, 2.75) is 12.5 Å². The lowest BCUT2D eigenvalue weighted by molar-refractivity contribution is -0.137. The van der Waals surface area contributed by atoms with Crippen molar-refractivity contribution in [2.75, 3.05) is 5.32 Å². The summed E-state index contributed by atoms with van der Waals surface area (Å²) in [6.07, 6.45) is 4.80. The van der Waals surface area contributed by atoms with E-state index in [0.717, 1.165) is 21.1 Å². The van der Waals surface area contributed by atoms with E-state index >= 15 is 0 Å². The Kier molecular flexibility index (Phi) is 6.47. The first-order chi connectivity index (χ1) is 15.5. The molecule has 32 heavy (non-hydrogen) atoms. The molecule has 1 heterocycles. The van der Waals surface area contributed by atoms with Gasteiger partial charge in [-0.05, 0) is 47.5 Å². The van der Waals surface area contributed by atoms with Gasteiger partial charge in [0.2, 0.25) is 5.91 Å². The second-order valence-corrected chi connectivity index (χ2v) is 8.17. The predicted octanol–water partition coefficient (Wildman–Crippen LogP) is 5.51. The van der Waals surface area contributed by atoms with E-state index in [1.165, 1.54) is 6.08 Å². The molecule has 1 aromatic heterocycles. The van der Waals surface area contributed by atoms with E-state index in [1.54, 1.807) is 24.5 Å². The van der Waals surface area contributed by atoms with E-state index in [-0.39, 0.29) is 18.4 Å². The van der Waals surface area contributed by atoms with Gasteiger partial charge < -0.3 is 15.0 Å². The van der Waals surface area contributed by atoms with Crippen molar-refractivity contribution in [3.8, 4) is 0 Å². The molecule has 1 atom stereocenters. The van der Waals surface area contributed by atoms with Crippen molar-refractivity contribution in [3.05, 3.63) is 101 Å². The highest BCUT2D eigenvalue weighted by atomic mass is 79.9. The molecule has 6 nitrogen and oxygen atoms in total. The summed E-state index contributed by atoms with van der Waals surface area (Å²) in [5.41, 5.74) is 3.89. The summed E-state index contributed by atoms with van der Waals surface area (Å²) < 4.78 is 2.84. The lowest BCUT2D eigenvalue weighted by atomic mass is 10.0. The van der Waals surface area contributed by atoms with Gasteiger partial charge in [-0.3, -0.25) is 9.59 Å². The molecule has 4 aromatic rings. The molecule has 0 spiro atoms. The molecular formula is C25H20BrN3O3. The quantitative estimate of drug-likeness (QED) is 0.335. The zero-order chi connectivity index (χ0) is 22.5. The minimum absolute atomic E-state index is 0.0607. The molecule has 0 aliphatic carbocycles. The van der Waals surface area contributed by atoms with E-state index in [4.69, 9.17) is 0 Å². The molecule has 0 radical (unpaired) electrons. The van der Waals surface area contributed by atoms with Crippen molar-refractivity contribution < 1.29 is 14.7 Å². The Labute approximate surface area is 193 Å². The summed E-state index contributed by atoms with van der Waals surface area (Å²) in [5, 5.41) is 12.3. The number of nitrogens with zero attached hydrogens (tertiary/aromatic N) is 2. The van der Waals surface area contributed by atoms with Crippen LogP contribution in [-0.2, 0) is 9.59 Å². The van der Waals surface area contributed by atoms with Gasteiger partial charge >= 0.3 is 5.97 Å². The Morgan fingerprint density at radius 2 is 1.81 bits per heavy atom. The fourth-order valence-corrected chi connectivity index (χ4v) is 3.77. The minimum atomic E-state index is -0.887. The second-order valence-electron chi connectivity index (χ2n) is 7.25. The molecule has 1 unspecified atom stereocenters. The third-order valence-corrected chi connectivity index (χ3v) is 5.56. The van der Waals surface area contributed by atoms with Crippen molar-refractivity contribution in [3.63, 3.8) is 0 Å². The maximum atomic E-state index is 12.3. The number of carboxylic acids is 1. The molecule has 2 N–H and O–H groups in total. The molecule has 160 valence electrons. The number of nitrogens with one attached hydrogen (secondary N) is 1. The summed E-state index contributed by atoms with van der Waals surface area (Å²) >= 11 is 3.38. The molecule has 0 aliphatic rings. The lowest BCUT2D eigenvalue weighted by Crippen LogP contribution is -2.14. The molecule has 4 rings (SSSR count). The number of aromatic nitrogens is 2. The number of benzene rings is 3. The van der Waals surface area contributed by atoms with Gasteiger partial charge in [-0.2, -0.15) is 0 Å². The monoisotopic (exact) mass is 489 g/mol. The molecule has 3 aromatic carbocycles. The van der Waals surface area contributed by atoms with Crippen LogP contribution in [-0.4, -0.2) is 26.5 Å². The van der Waals surface area contributed by atoms with Crippen LogP contribution in [0.2, 0.25) is 0 Å². The van der Waals surface area contributed by atoms with Gasteiger partial charge in [0, 0.05) is 16.2 Å². The maximum Gasteiger partial charge on any atom is 0.305 e. The summed E-state index contributed by atoms with van der Waals surface area (Å²) in [5.74, 6) is -1.14. The van der Waals surface area contributed by atoms with Crippen LogP contribution in [0.5, 0.6) is 0 Å². The number of anilines is 1. The third kappa shape index (κ3) is 5.12. The summed E-state index contributed by atoms with van der Waals surface area (Å²) in [7, 11) is 0. The summed E-state index contributed by atoms with van der Waals surface area (Å²) in [6, 6.07) is 22.2. The number of aliphatic carboxylic acids is 1. The van der Waals surface area contributed by atoms with E-state index in [9.17, 15) is 14.7 Å². The third-order valence-electron chi connectivity index (χ3n) is 5.03. The number of hydrogen-bond donors (Lipinski definition) is 2. The molecular weight excluding hydrogens is 470 g/mol. The Balaban J connectivity index is 1.55. The van der Waals surface area contributed by atoms with Gasteiger partial charge in [-0.15, -0.1) is 0 Å². The number of rotatable bonds is 7. The number of carbonyl (C=O) groups excluding carboxylic acids is 1. The Morgan fingerprint density at radius 3 is 2.53 bits per heavy atom. The first-order valence-corrected chi connectivity index (χ1v) is 10.8. The van der Waals surface area contributed by atoms with Crippen molar-refractivity contribution in [2.24, 2.45) is 0 Å². The number of fused-ring (bicyclic) bond motifs is 1. The van der Waals surface area contributed by atoms with Crippen LogP contribution >= 0.6 is 15.9 Å². The molecule has 0 bridgehead atoms. The normalized spacial score (nSPS) is 12.2. The van der Waals surface area contributed by atoms with Crippen LogP contribution in [0.25, 0.3) is 17.1 Å². The molecule has 0 fully saturated rings. The van der Waals surface area contributed by atoms with Crippen LogP contribution in [0.4, 0.5) is 5.69 Å². The van der Waals surface area contributed by atoms with Crippen molar-refractivity contribution in [1.29, 1.82) is 0 Å². The average molecular weight is 490 g/mol. The SMILES string of the molecule is O=C(O)CC(c1ccccc1)n1cnc2cc(NC(=O)C=Cc3ccc(Br)cc3)ccc21. The number of halogens is 1. The number of carboxylic acid groups (broad SMARTS) is 1. The highest BCUT2D eigenvalue weighted by molar-refractivity contribution is 9.10. The zero-order valence-corrected chi connectivity index (χ0v) is 18.6. The summed E-state index contributed by atoms with van der Waals surface area (Å²) in [6.45, 7) is 0. The predicted molar refractivity (Wildman–Crippen MR) is 128 cm³/mol. The average Bonchev–Trinajstić information content (AvgIpc) is 3.20. The second kappa shape index (κ2) is 9.62. The van der Waals surface area contributed by atoms with Gasteiger partial charge in [-0.1, -0.05) is 58.4 Å². The largest absolute Gasteiger partial charge is 0.481 e. The topological polar surface area (TPSA) is 84.2 Å². The van der Waals surface area contributed by atoms with E-state index < -0.39 is 5.97 Å². The van der Waals surface area contributed by atoms with E-state index in [1.807, 2.05) is 65.2 Å². The smallest absolute Gasteiger partial charge is 0.305 e. The zero-order valence-electron chi connectivity index (χ0n) is 17.0. The number of carbonyl (C=O) groups is 2. The highest BCUT2D eigenvalue weighted by Gasteiger charge is 2.19. The molecule has 0 saturated heterocycles. The van der Waals surface area contributed by atoms with Gasteiger partial charge in [-0.25, -0.2) is 4.98 Å². The Hall–Kier alpha value is -3.71. The first kappa shape index (κ1) is 21.5. The van der Waals surface area contributed by atoms with E-state index in [0.29, 0.717) is 11.2 Å². The van der Waals surface area contributed by atoms with Gasteiger partial charge in [0.1, 0.15) is 0 Å². The van der Waals surface area contributed by atoms with Crippen LogP contribution in [0.1, 0.15) is 23.6 Å². The van der Waals surface area contributed by atoms with Crippen molar-refractivity contribution >= 4 is 50.6 Å². The number of amides is 1. The highest BCUT2D eigenvalue weighted by Crippen LogP contribution is 2.28. The van der Waals surface area contributed by atoms with Crippen LogP contribution in [0.15, 0.2) is 89.7 Å². The molecule has 1 amide bonds. The molecule has 7 heteroatoms. The van der Waals surface area contributed by atoms with Crippen LogP contribution in [0, 0.1) is 0 Å². The lowest BCUT2D eigenvalue weighted by Gasteiger charge is -2.18. The standard InChI is InChI=1S/C25H20BrN3O3/c26-19-9-6-17(7-10-19)8-13-24(30)28-20-11-12-22-21(14-20)27-16-29(22)23(15-25(31)32)18-4-2-1-3-5-18/h1-14,16,23H,15H2,(H,28,30)(H,31,32). The Bertz CT molecular complexity index is 1280. The fourth-order valence-electron chi connectivity index (χ4n) is 3.51. The Morgan fingerprint density at radius 1 is 1.06 bits per heavy atom. The maximum absolute atomic E-state index is 12.3. The van der Waals surface area contributed by atoms with Crippen molar-refractivity contribution in [1.82, 2.24) is 9.55 Å². The number of hydrogen-bond acceptors (Lipinski definition) is 3. The van der Waals surface area contributed by atoms with Crippen LogP contribution < -0.4 is 5.32 Å². The van der Waals surface area contributed by atoms with Crippen LogP contribution in [0.3, 0.4) is 0 Å². The van der Waals surface area contributed by atoms with E-state index in [2.05, 4.69) is 26.2 Å². The van der Waals surface area contributed by atoms with Gasteiger partial charge in [0.05, 0.1) is 29.8 Å². The minimum Gasteiger partial charge on any atom is -0.481 e.